The SMILES string of the molecule is CNC(=O)COC1CCC2(CC1)OCCO2. The fourth-order valence-corrected chi connectivity index (χ4v) is 2.25. The predicted molar refractivity (Wildman–Crippen MR) is 56.9 cm³/mol. The molecular formula is C11H19NO4. The van der Waals surface area contributed by atoms with E-state index in [1.54, 1.807) is 7.05 Å². The molecule has 2 rings (SSSR count). The number of likely N-dealkylation sites (N-methyl/N-ethyl adjacent to an activating group) is 1. The van der Waals surface area contributed by atoms with Crippen molar-refractivity contribution in [2.75, 3.05) is 26.9 Å². The van der Waals surface area contributed by atoms with Gasteiger partial charge in [-0.15, -0.1) is 0 Å². The molecule has 0 aromatic rings. The molecule has 0 aromatic heterocycles. The maximum atomic E-state index is 11.0. The highest BCUT2D eigenvalue weighted by Gasteiger charge is 2.40. The molecule has 1 saturated carbocycles. The van der Waals surface area contributed by atoms with Gasteiger partial charge in [-0.1, -0.05) is 0 Å². The van der Waals surface area contributed by atoms with E-state index in [-0.39, 0.29) is 24.4 Å². The summed E-state index contributed by atoms with van der Waals surface area (Å²) < 4.78 is 16.8. The molecule has 0 unspecified atom stereocenters. The Morgan fingerprint density at radius 1 is 1.38 bits per heavy atom. The highest BCUT2D eigenvalue weighted by molar-refractivity contribution is 5.76. The standard InChI is InChI=1S/C11H19NO4/c1-12-10(13)8-14-9-2-4-11(5-3-9)15-6-7-16-11/h9H,2-8H2,1H3,(H,12,13). The minimum atomic E-state index is -0.340. The molecule has 0 bridgehead atoms. The van der Waals surface area contributed by atoms with Gasteiger partial charge in [0, 0.05) is 19.9 Å². The van der Waals surface area contributed by atoms with Crippen LogP contribution in [0.25, 0.3) is 0 Å². The average molecular weight is 229 g/mol. The van der Waals surface area contributed by atoms with E-state index in [1.807, 2.05) is 0 Å². The molecule has 2 aliphatic rings. The molecule has 1 saturated heterocycles. The molecule has 1 aliphatic carbocycles. The van der Waals surface area contributed by atoms with Crippen LogP contribution < -0.4 is 5.32 Å². The van der Waals surface area contributed by atoms with E-state index < -0.39 is 0 Å². The second kappa shape index (κ2) is 5.12. The highest BCUT2D eigenvalue weighted by atomic mass is 16.7. The summed E-state index contributed by atoms with van der Waals surface area (Å²) in [6.07, 6.45) is 3.70. The highest BCUT2D eigenvalue weighted by Crippen LogP contribution is 2.36. The maximum Gasteiger partial charge on any atom is 0.245 e. The van der Waals surface area contributed by atoms with Crippen molar-refractivity contribution in [3.8, 4) is 0 Å². The molecule has 1 heterocycles. The lowest BCUT2D eigenvalue weighted by atomic mass is 9.92. The normalized spacial score (nSPS) is 24.8. The van der Waals surface area contributed by atoms with E-state index >= 15 is 0 Å². The summed E-state index contributed by atoms with van der Waals surface area (Å²) >= 11 is 0. The minimum absolute atomic E-state index is 0.0753. The molecule has 2 fully saturated rings. The maximum absolute atomic E-state index is 11.0. The van der Waals surface area contributed by atoms with Crippen LogP contribution in [-0.4, -0.2) is 44.7 Å². The fourth-order valence-electron chi connectivity index (χ4n) is 2.25. The van der Waals surface area contributed by atoms with Gasteiger partial charge in [0.15, 0.2) is 5.79 Å². The molecule has 1 spiro atoms. The van der Waals surface area contributed by atoms with Crippen LogP contribution in [0.1, 0.15) is 25.7 Å². The summed E-state index contributed by atoms with van der Waals surface area (Å²) in [6.45, 7) is 1.55. The fraction of sp³-hybridized carbons (Fsp3) is 0.909. The van der Waals surface area contributed by atoms with Gasteiger partial charge in [-0.05, 0) is 12.8 Å². The van der Waals surface area contributed by atoms with Gasteiger partial charge in [-0.3, -0.25) is 4.79 Å². The van der Waals surface area contributed by atoms with Crippen molar-refractivity contribution in [2.24, 2.45) is 0 Å². The molecule has 0 atom stereocenters. The van der Waals surface area contributed by atoms with Gasteiger partial charge in [0.05, 0.1) is 19.3 Å². The van der Waals surface area contributed by atoms with E-state index in [1.165, 1.54) is 0 Å². The Morgan fingerprint density at radius 3 is 2.56 bits per heavy atom. The average Bonchev–Trinajstić information content (AvgIpc) is 2.77. The second-order valence-corrected chi connectivity index (χ2v) is 4.29. The molecular weight excluding hydrogens is 210 g/mol. The summed E-state index contributed by atoms with van der Waals surface area (Å²) in [4.78, 5) is 11.0. The van der Waals surface area contributed by atoms with Crippen molar-refractivity contribution in [2.45, 2.75) is 37.6 Å². The number of carbonyl (C=O) groups excluding carboxylic acids is 1. The topological polar surface area (TPSA) is 56.8 Å². The Morgan fingerprint density at radius 2 is 2.00 bits per heavy atom. The zero-order valence-corrected chi connectivity index (χ0v) is 9.66. The van der Waals surface area contributed by atoms with Gasteiger partial charge < -0.3 is 19.5 Å². The number of hydrogen-bond donors (Lipinski definition) is 1. The van der Waals surface area contributed by atoms with Crippen LogP contribution in [0.4, 0.5) is 0 Å². The van der Waals surface area contributed by atoms with Crippen molar-refractivity contribution in [1.82, 2.24) is 5.32 Å². The van der Waals surface area contributed by atoms with E-state index in [0.29, 0.717) is 13.2 Å². The van der Waals surface area contributed by atoms with Gasteiger partial charge in [-0.2, -0.15) is 0 Å². The van der Waals surface area contributed by atoms with E-state index in [4.69, 9.17) is 14.2 Å². The van der Waals surface area contributed by atoms with E-state index in [0.717, 1.165) is 25.7 Å². The Bertz CT molecular complexity index is 240. The van der Waals surface area contributed by atoms with Gasteiger partial charge in [0.2, 0.25) is 5.91 Å². The number of amides is 1. The van der Waals surface area contributed by atoms with Crippen LogP contribution in [-0.2, 0) is 19.0 Å². The Kier molecular flexibility index (Phi) is 3.78. The zero-order chi connectivity index (χ0) is 11.4. The molecule has 1 N–H and O–H groups in total. The van der Waals surface area contributed by atoms with Gasteiger partial charge in [0.25, 0.3) is 0 Å². The first kappa shape index (κ1) is 11.8. The van der Waals surface area contributed by atoms with Crippen molar-refractivity contribution >= 4 is 5.91 Å². The largest absolute Gasteiger partial charge is 0.368 e. The molecule has 1 amide bonds. The summed E-state index contributed by atoms with van der Waals surface area (Å²) in [5, 5.41) is 2.54. The van der Waals surface area contributed by atoms with Crippen molar-refractivity contribution in [1.29, 1.82) is 0 Å². The lowest BCUT2D eigenvalue weighted by Crippen LogP contribution is -2.38. The number of nitrogens with one attached hydrogen (secondary N) is 1. The molecule has 92 valence electrons. The summed E-state index contributed by atoms with van der Waals surface area (Å²) in [5.74, 6) is -0.416. The van der Waals surface area contributed by atoms with Crippen molar-refractivity contribution < 1.29 is 19.0 Å². The van der Waals surface area contributed by atoms with Crippen LogP contribution in [0, 0.1) is 0 Å². The van der Waals surface area contributed by atoms with Crippen LogP contribution in [0.15, 0.2) is 0 Å². The van der Waals surface area contributed by atoms with Crippen LogP contribution in [0.3, 0.4) is 0 Å². The lowest BCUT2D eigenvalue weighted by molar-refractivity contribution is -0.191. The summed E-state index contributed by atoms with van der Waals surface area (Å²) in [5.41, 5.74) is 0. The third kappa shape index (κ3) is 2.72. The van der Waals surface area contributed by atoms with Gasteiger partial charge in [0.1, 0.15) is 6.61 Å². The Balaban J connectivity index is 1.70. The monoisotopic (exact) mass is 229 g/mol. The zero-order valence-electron chi connectivity index (χ0n) is 9.66. The Labute approximate surface area is 95.4 Å². The first-order valence-electron chi connectivity index (χ1n) is 5.84. The minimum Gasteiger partial charge on any atom is -0.368 e. The quantitative estimate of drug-likeness (QED) is 0.762. The predicted octanol–water partition coefficient (Wildman–Crippen LogP) is 0.435. The molecule has 1 aliphatic heterocycles. The van der Waals surface area contributed by atoms with E-state index in [9.17, 15) is 4.79 Å². The number of carbonyl (C=O) groups is 1. The van der Waals surface area contributed by atoms with Crippen molar-refractivity contribution in [3.05, 3.63) is 0 Å². The smallest absolute Gasteiger partial charge is 0.245 e. The lowest BCUT2D eigenvalue weighted by Gasteiger charge is -2.35. The summed E-state index contributed by atoms with van der Waals surface area (Å²) in [7, 11) is 1.61. The third-order valence-corrected chi connectivity index (χ3v) is 3.24. The molecule has 0 radical (unpaired) electrons. The first-order chi connectivity index (χ1) is 7.74. The van der Waals surface area contributed by atoms with Gasteiger partial charge >= 0.3 is 0 Å². The third-order valence-electron chi connectivity index (χ3n) is 3.24. The van der Waals surface area contributed by atoms with E-state index in [2.05, 4.69) is 5.32 Å². The second-order valence-electron chi connectivity index (χ2n) is 4.29. The first-order valence-corrected chi connectivity index (χ1v) is 5.84. The summed E-state index contributed by atoms with van der Waals surface area (Å²) in [6, 6.07) is 0. The molecule has 16 heavy (non-hydrogen) atoms. The molecule has 5 heteroatoms. The van der Waals surface area contributed by atoms with Gasteiger partial charge in [-0.25, -0.2) is 0 Å². The van der Waals surface area contributed by atoms with Crippen LogP contribution >= 0.6 is 0 Å². The molecule has 0 aromatic carbocycles. The van der Waals surface area contributed by atoms with Crippen LogP contribution in [0.5, 0.6) is 0 Å². The molecule has 5 nitrogen and oxygen atoms in total. The van der Waals surface area contributed by atoms with Crippen molar-refractivity contribution in [3.63, 3.8) is 0 Å². The Hall–Kier alpha value is -0.650. The van der Waals surface area contributed by atoms with Crippen LogP contribution in [0.2, 0.25) is 0 Å². The number of ether oxygens (including phenoxy) is 3. The number of rotatable bonds is 3. The number of hydrogen-bond acceptors (Lipinski definition) is 4.